The molecule has 0 fully saturated rings. The highest BCUT2D eigenvalue weighted by atomic mass is 16.5. The lowest BCUT2D eigenvalue weighted by atomic mass is 10.1. The molecule has 26 heavy (non-hydrogen) atoms. The third-order valence-corrected chi connectivity index (χ3v) is 3.34. The van der Waals surface area contributed by atoms with Gasteiger partial charge >= 0.3 is 17.9 Å². The second-order valence-corrected chi connectivity index (χ2v) is 5.44. The van der Waals surface area contributed by atoms with Crippen LogP contribution in [-0.2, 0) is 35.0 Å². The van der Waals surface area contributed by atoms with Gasteiger partial charge in [-0.25, -0.2) is 4.79 Å². The summed E-state index contributed by atoms with van der Waals surface area (Å²) in [5.41, 5.74) is 0.939. The highest BCUT2D eigenvalue weighted by Gasteiger charge is 2.09. The zero-order valence-electron chi connectivity index (χ0n) is 14.6. The van der Waals surface area contributed by atoms with E-state index in [-0.39, 0.29) is 38.4 Å². The summed E-state index contributed by atoms with van der Waals surface area (Å²) in [6, 6.07) is 6.63. The van der Waals surface area contributed by atoms with Gasteiger partial charge in [-0.05, 0) is 30.5 Å². The number of esters is 3. The Bertz CT molecular complexity index is 592. The normalized spacial score (nSPS) is 10.0. The van der Waals surface area contributed by atoms with Gasteiger partial charge < -0.3 is 19.3 Å². The molecule has 0 aliphatic heterocycles. The molecule has 7 nitrogen and oxygen atoms in total. The molecule has 0 radical (unpaired) electrons. The van der Waals surface area contributed by atoms with Gasteiger partial charge in [0.1, 0.15) is 5.75 Å². The van der Waals surface area contributed by atoms with E-state index in [2.05, 4.69) is 6.58 Å². The summed E-state index contributed by atoms with van der Waals surface area (Å²) in [5, 5.41) is 9.18. The molecule has 0 saturated carbocycles. The van der Waals surface area contributed by atoms with Crippen molar-refractivity contribution in [2.24, 2.45) is 0 Å². The van der Waals surface area contributed by atoms with Gasteiger partial charge in [0.2, 0.25) is 0 Å². The van der Waals surface area contributed by atoms with E-state index in [4.69, 9.17) is 14.2 Å². The Hall–Kier alpha value is -2.83. The van der Waals surface area contributed by atoms with E-state index in [1.807, 2.05) is 0 Å². The number of carbonyl (C=O) groups excluding carboxylic acids is 3. The van der Waals surface area contributed by atoms with Crippen LogP contribution in [-0.4, -0.2) is 42.8 Å². The fourth-order valence-electron chi connectivity index (χ4n) is 1.92. The van der Waals surface area contributed by atoms with Crippen LogP contribution in [0.25, 0.3) is 0 Å². The van der Waals surface area contributed by atoms with Crippen LogP contribution in [0.15, 0.2) is 36.9 Å². The van der Waals surface area contributed by atoms with E-state index in [1.54, 1.807) is 24.3 Å². The molecule has 7 heteroatoms. The Morgan fingerprint density at radius 3 is 2.00 bits per heavy atom. The lowest BCUT2D eigenvalue weighted by Crippen LogP contribution is -2.12. The van der Waals surface area contributed by atoms with Gasteiger partial charge in [0.05, 0.1) is 32.7 Å². The highest BCUT2D eigenvalue weighted by molar-refractivity contribution is 5.81. The quantitative estimate of drug-likeness (QED) is 0.263. The molecule has 1 aromatic rings. The van der Waals surface area contributed by atoms with Crippen molar-refractivity contribution in [2.45, 2.75) is 32.1 Å². The van der Waals surface area contributed by atoms with E-state index < -0.39 is 17.9 Å². The summed E-state index contributed by atoms with van der Waals surface area (Å²) in [5.74, 6) is -1.23. The molecule has 0 spiro atoms. The zero-order chi connectivity index (χ0) is 19.2. The lowest BCUT2D eigenvalue weighted by Gasteiger charge is -2.06. The Balaban J connectivity index is 2.01. The summed E-state index contributed by atoms with van der Waals surface area (Å²) in [4.78, 5) is 33.9. The van der Waals surface area contributed by atoms with E-state index in [9.17, 15) is 19.5 Å². The predicted molar refractivity (Wildman–Crippen MR) is 93.4 cm³/mol. The predicted octanol–water partition coefficient (Wildman–Crippen LogP) is 2.31. The van der Waals surface area contributed by atoms with Crippen molar-refractivity contribution in [3.05, 3.63) is 42.5 Å². The molecule has 1 rings (SSSR count). The molecule has 142 valence electrons. The Morgan fingerprint density at radius 1 is 0.885 bits per heavy atom. The Labute approximate surface area is 152 Å². The first-order chi connectivity index (χ1) is 12.5. The molecule has 0 aliphatic carbocycles. The molecule has 0 heterocycles. The van der Waals surface area contributed by atoms with Crippen molar-refractivity contribution in [1.82, 2.24) is 0 Å². The van der Waals surface area contributed by atoms with Crippen LogP contribution < -0.4 is 0 Å². The van der Waals surface area contributed by atoms with Crippen LogP contribution in [0.4, 0.5) is 0 Å². The van der Waals surface area contributed by atoms with Crippen molar-refractivity contribution >= 4 is 17.9 Å². The summed E-state index contributed by atoms with van der Waals surface area (Å²) in [6.45, 7) is 3.94. The molecule has 0 aromatic heterocycles. The first-order valence-electron chi connectivity index (χ1n) is 8.39. The van der Waals surface area contributed by atoms with Gasteiger partial charge in [-0.1, -0.05) is 18.7 Å². The molecule has 1 aromatic carbocycles. The van der Waals surface area contributed by atoms with Crippen LogP contribution in [0.2, 0.25) is 0 Å². The SMILES string of the molecule is C=CC(=O)OCCCCOC(=O)CCC(=O)OCCc1ccc(O)cc1. The number of hydrogen-bond acceptors (Lipinski definition) is 7. The van der Waals surface area contributed by atoms with E-state index in [0.29, 0.717) is 19.3 Å². The van der Waals surface area contributed by atoms with Crippen molar-refractivity contribution in [3.8, 4) is 5.75 Å². The van der Waals surface area contributed by atoms with Gasteiger partial charge in [-0.2, -0.15) is 0 Å². The highest BCUT2D eigenvalue weighted by Crippen LogP contribution is 2.10. The number of aromatic hydroxyl groups is 1. The summed E-state index contributed by atoms with van der Waals surface area (Å²) >= 11 is 0. The number of phenols is 1. The average Bonchev–Trinajstić information content (AvgIpc) is 2.64. The maximum atomic E-state index is 11.6. The molecule has 0 aliphatic rings. The van der Waals surface area contributed by atoms with Crippen molar-refractivity contribution in [2.75, 3.05) is 19.8 Å². The largest absolute Gasteiger partial charge is 0.508 e. The lowest BCUT2D eigenvalue weighted by molar-refractivity contribution is -0.150. The zero-order valence-corrected chi connectivity index (χ0v) is 14.6. The second-order valence-electron chi connectivity index (χ2n) is 5.44. The first-order valence-corrected chi connectivity index (χ1v) is 8.39. The fourth-order valence-corrected chi connectivity index (χ4v) is 1.92. The topological polar surface area (TPSA) is 99.1 Å². The number of rotatable bonds is 12. The third kappa shape index (κ3) is 10.1. The summed E-state index contributed by atoms with van der Waals surface area (Å²) in [6.07, 6.45) is 2.69. The van der Waals surface area contributed by atoms with Crippen LogP contribution in [0.1, 0.15) is 31.2 Å². The van der Waals surface area contributed by atoms with E-state index >= 15 is 0 Å². The van der Waals surface area contributed by atoms with Gasteiger partial charge in [-0.3, -0.25) is 9.59 Å². The number of unbranched alkanes of at least 4 members (excludes halogenated alkanes) is 1. The second kappa shape index (κ2) is 12.5. The smallest absolute Gasteiger partial charge is 0.330 e. The molecule has 0 amide bonds. The number of hydrogen-bond donors (Lipinski definition) is 1. The summed E-state index contributed by atoms with van der Waals surface area (Å²) < 4.78 is 14.8. The van der Waals surface area contributed by atoms with Crippen LogP contribution in [0.3, 0.4) is 0 Å². The molecule has 0 atom stereocenters. The van der Waals surface area contributed by atoms with Crippen LogP contribution in [0.5, 0.6) is 5.75 Å². The molecule has 0 saturated heterocycles. The Morgan fingerprint density at radius 2 is 1.42 bits per heavy atom. The minimum atomic E-state index is -0.481. The van der Waals surface area contributed by atoms with Crippen LogP contribution in [0, 0.1) is 0 Å². The monoisotopic (exact) mass is 364 g/mol. The van der Waals surface area contributed by atoms with Crippen molar-refractivity contribution in [1.29, 1.82) is 0 Å². The van der Waals surface area contributed by atoms with Gasteiger partial charge in [0.25, 0.3) is 0 Å². The first kappa shape index (κ1) is 21.2. The fraction of sp³-hybridized carbons (Fsp3) is 0.421. The molecule has 0 bridgehead atoms. The molecule has 0 unspecified atom stereocenters. The molecule has 1 N–H and O–H groups in total. The van der Waals surface area contributed by atoms with Gasteiger partial charge in [-0.15, -0.1) is 0 Å². The van der Waals surface area contributed by atoms with E-state index in [0.717, 1.165) is 11.6 Å². The minimum absolute atomic E-state index is 0.0364. The number of phenolic OH excluding ortho intramolecular Hbond substituents is 1. The third-order valence-electron chi connectivity index (χ3n) is 3.34. The number of benzene rings is 1. The molecular formula is C19H24O7. The average molecular weight is 364 g/mol. The number of carbonyl (C=O) groups is 3. The Kier molecular flexibility index (Phi) is 10.2. The van der Waals surface area contributed by atoms with Crippen molar-refractivity contribution in [3.63, 3.8) is 0 Å². The van der Waals surface area contributed by atoms with Crippen LogP contribution >= 0.6 is 0 Å². The minimum Gasteiger partial charge on any atom is -0.508 e. The molecular weight excluding hydrogens is 340 g/mol. The van der Waals surface area contributed by atoms with Gasteiger partial charge in [0.15, 0.2) is 0 Å². The summed E-state index contributed by atoms with van der Waals surface area (Å²) in [7, 11) is 0. The maximum Gasteiger partial charge on any atom is 0.330 e. The van der Waals surface area contributed by atoms with E-state index in [1.165, 1.54) is 0 Å². The standard InChI is InChI=1S/C19H24O7/c1-2-17(21)24-12-3-4-13-25-18(22)9-10-19(23)26-14-11-15-5-7-16(20)8-6-15/h2,5-8,20H,1,3-4,9-14H2. The maximum absolute atomic E-state index is 11.6. The number of ether oxygens (including phenoxy) is 3. The van der Waals surface area contributed by atoms with Crippen molar-refractivity contribution < 1.29 is 33.7 Å². The van der Waals surface area contributed by atoms with Gasteiger partial charge in [0, 0.05) is 12.5 Å².